The second-order valence-electron chi connectivity index (χ2n) is 9.39. The number of nitrogens with zero attached hydrogens (tertiary/aromatic N) is 1. The molecule has 3 N–H and O–H groups in total. The van der Waals surface area contributed by atoms with Gasteiger partial charge in [-0.05, 0) is 79.7 Å². The molecule has 11 heteroatoms. The summed E-state index contributed by atoms with van der Waals surface area (Å²) in [6.07, 6.45) is 2.94. The predicted molar refractivity (Wildman–Crippen MR) is 174 cm³/mol. The zero-order valence-electron chi connectivity index (χ0n) is 23.8. The number of hydrogen-bond donors (Lipinski definition) is 3. The van der Waals surface area contributed by atoms with Crippen molar-refractivity contribution in [3.8, 4) is 17.0 Å². The molecule has 3 amide bonds. The van der Waals surface area contributed by atoms with Crippen LogP contribution in [0.15, 0.2) is 118 Å². The van der Waals surface area contributed by atoms with E-state index in [0.29, 0.717) is 22.1 Å². The minimum atomic E-state index is -0.517. The number of methoxy groups -OCH3 is 1. The molecule has 2 aromatic heterocycles. The van der Waals surface area contributed by atoms with Gasteiger partial charge in [0.1, 0.15) is 17.2 Å². The first-order valence-corrected chi connectivity index (χ1v) is 15.2. The first-order valence-electron chi connectivity index (χ1n) is 13.5. The Bertz CT molecular complexity index is 1750. The fourth-order valence-corrected chi connectivity index (χ4v) is 5.55. The number of anilines is 2. The number of carbonyl (C=O) groups excluding carboxylic acids is 3. The summed E-state index contributed by atoms with van der Waals surface area (Å²) in [7, 11) is 1.62. The van der Waals surface area contributed by atoms with Crippen LogP contribution in [0, 0.1) is 0 Å². The summed E-state index contributed by atoms with van der Waals surface area (Å²) in [5.74, 6) is 0.0587. The average Bonchev–Trinajstić information content (AvgIpc) is 3.74. The van der Waals surface area contributed by atoms with Gasteiger partial charge in [0.05, 0.1) is 24.3 Å². The van der Waals surface area contributed by atoms with Crippen molar-refractivity contribution in [3.05, 3.63) is 120 Å². The second kappa shape index (κ2) is 14.4. The number of amides is 3. The van der Waals surface area contributed by atoms with Crippen molar-refractivity contribution >= 4 is 57.7 Å². The summed E-state index contributed by atoms with van der Waals surface area (Å²) in [4.78, 5) is 44.1. The summed E-state index contributed by atoms with van der Waals surface area (Å²) in [5, 5.41) is 10.4. The van der Waals surface area contributed by atoms with Crippen molar-refractivity contribution in [3.63, 3.8) is 0 Å². The van der Waals surface area contributed by atoms with Crippen LogP contribution in [0.4, 0.5) is 10.8 Å². The molecule has 0 fully saturated rings. The molecule has 0 radical (unpaired) electrons. The molecule has 0 bridgehead atoms. The van der Waals surface area contributed by atoms with Gasteiger partial charge in [0.2, 0.25) is 5.91 Å². The van der Waals surface area contributed by atoms with Gasteiger partial charge in [0.25, 0.3) is 11.8 Å². The Morgan fingerprint density at radius 2 is 1.68 bits per heavy atom. The Morgan fingerprint density at radius 1 is 0.932 bits per heavy atom. The van der Waals surface area contributed by atoms with Gasteiger partial charge in [-0.2, -0.15) is 0 Å². The minimum Gasteiger partial charge on any atom is -0.497 e. The molecule has 0 saturated carbocycles. The van der Waals surface area contributed by atoms with Crippen molar-refractivity contribution < 1.29 is 23.5 Å². The third-order valence-corrected chi connectivity index (χ3v) is 8.14. The zero-order chi connectivity index (χ0) is 30.9. The summed E-state index contributed by atoms with van der Waals surface area (Å²) < 4.78 is 10.5. The standard InChI is InChI=1S/C33H28N4O5S2/c1-21(30(38)37-33-36-29(20-43-33)22-10-14-25(41-2)15-11-22)44-27-16-12-24(13-17-27)34-32(40)28(19-26-9-6-18-42-26)35-31(39)23-7-4-3-5-8-23/h3-21H,1-2H3,(H,34,40)(H,35,39)(H,36,37,38)/b28-19-. The number of thiazole rings is 1. The number of thioether (sulfide) groups is 1. The molecule has 222 valence electrons. The lowest BCUT2D eigenvalue weighted by atomic mass is 10.2. The molecule has 0 spiro atoms. The maximum absolute atomic E-state index is 13.1. The Morgan fingerprint density at radius 3 is 2.36 bits per heavy atom. The summed E-state index contributed by atoms with van der Waals surface area (Å²) in [5.41, 5.74) is 2.66. The first-order chi connectivity index (χ1) is 21.4. The highest BCUT2D eigenvalue weighted by atomic mass is 32.2. The van der Waals surface area contributed by atoms with Crippen LogP contribution >= 0.6 is 23.1 Å². The lowest BCUT2D eigenvalue weighted by molar-refractivity contribution is -0.115. The number of ether oxygens (including phenoxy) is 1. The number of hydrogen-bond acceptors (Lipinski definition) is 8. The number of furan rings is 1. The van der Waals surface area contributed by atoms with E-state index >= 15 is 0 Å². The van der Waals surface area contributed by atoms with Crippen molar-refractivity contribution in [2.24, 2.45) is 0 Å². The van der Waals surface area contributed by atoms with E-state index in [0.717, 1.165) is 21.9 Å². The number of rotatable bonds is 11. The van der Waals surface area contributed by atoms with E-state index in [4.69, 9.17) is 9.15 Å². The lowest BCUT2D eigenvalue weighted by Crippen LogP contribution is -2.30. The molecule has 2 heterocycles. The smallest absolute Gasteiger partial charge is 0.272 e. The third-order valence-electron chi connectivity index (χ3n) is 6.27. The van der Waals surface area contributed by atoms with Gasteiger partial charge in [-0.15, -0.1) is 23.1 Å². The fourth-order valence-electron chi connectivity index (χ4n) is 3.96. The van der Waals surface area contributed by atoms with E-state index < -0.39 is 17.1 Å². The first kappa shape index (κ1) is 30.3. The average molecular weight is 625 g/mol. The van der Waals surface area contributed by atoms with Crippen molar-refractivity contribution in [1.29, 1.82) is 0 Å². The Labute approximate surface area is 262 Å². The zero-order valence-corrected chi connectivity index (χ0v) is 25.4. The quantitative estimate of drug-likeness (QED) is 0.107. The van der Waals surface area contributed by atoms with Gasteiger partial charge in [0, 0.05) is 33.2 Å². The topological polar surface area (TPSA) is 123 Å². The van der Waals surface area contributed by atoms with Crippen LogP contribution in [0.5, 0.6) is 5.75 Å². The normalized spacial score (nSPS) is 11.8. The molecule has 0 aliphatic carbocycles. The third kappa shape index (κ3) is 8.03. The highest BCUT2D eigenvalue weighted by molar-refractivity contribution is 8.00. The van der Waals surface area contributed by atoms with Crippen LogP contribution in [-0.2, 0) is 9.59 Å². The predicted octanol–water partition coefficient (Wildman–Crippen LogP) is 6.94. The number of aromatic nitrogens is 1. The van der Waals surface area contributed by atoms with E-state index in [1.165, 1.54) is 35.4 Å². The maximum Gasteiger partial charge on any atom is 0.272 e. The monoisotopic (exact) mass is 624 g/mol. The summed E-state index contributed by atoms with van der Waals surface area (Å²) in [6, 6.07) is 26.6. The van der Waals surface area contributed by atoms with Crippen LogP contribution in [0.3, 0.4) is 0 Å². The molecular weight excluding hydrogens is 597 g/mol. The van der Waals surface area contributed by atoms with Gasteiger partial charge >= 0.3 is 0 Å². The van der Waals surface area contributed by atoms with Crippen molar-refractivity contribution in [1.82, 2.24) is 10.3 Å². The van der Waals surface area contributed by atoms with Crippen LogP contribution in [0.1, 0.15) is 23.0 Å². The molecular formula is C33H28N4O5S2. The molecule has 1 atom stereocenters. The molecule has 0 aliphatic rings. The molecule has 0 aliphatic heterocycles. The fraction of sp³-hybridized carbons (Fsp3) is 0.0909. The minimum absolute atomic E-state index is 0.0230. The molecule has 5 rings (SSSR count). The van der Waals surface area contributed by atoms with Crippen LogP contribution in [0.2, 0.25) is 0 Å². The van der Waals surface area contributed by atoms with Crippen LogP contribution in [-0.4, -0.2) is 35.1 Å². The van der Waals surface area contributed by atoms with Crippen LogP contribution < -0.4 is 20.7 Å². The van der Waals surface area contributed by atoms with Gasteiger partial charge in [-0.3, -0.25) is 14.4 Å². The van der Waals surface area contributed by atoms with Crippen molar-refractivity contribution in [2.45, 2.75) is 17.1 Å². The summed E-state index contributed by atoms with van der Waals surface area (Å²) >= 11 is 2.74. The SMILES string of the molecule is COc1ccc(-c2csc(NC(=O)C(C)Sc3ccc(NC(=O)/C(=C/c4ccco4)NC(=O)c4ccccc4)cc3)n2)cc1. The number of benzene rings is 3. The van der Waals surface area contributed by atoms with Crippen molar-refractivity contribution in [2.75, 3.05) is 17.7 Å². The molecule has 44 heavy (non-hydrogen) atoms. The molecule has 0 saturated heterocycles. The van der Waals surface area contributed by atoms with E-state index in [2.05, 4.69) is 20.9 Å². The Balaban J connectivity index is 1.18. The Kier molecular flexibility index (Phi) is 9.90. The molecule has 9 nitrogen and oxygen atoms in total. The van der Waals surface area contributed by atoms with Gasteiger partial charge < -0.3 is 25.1 Å². The van der Waals surface area contributed by atoms with Gasteiger partial charge in [-0.25, -0.2) is 4.98 Å². The van der Waals surface area contributed by atoms with E-state index in [1.54, 1.807) is 61.7 Å². The second-order valence-corrected chi connectivity index (χ2v) is 11.7. The molecule has 3 aromatic carbocycles. The largest absolute Gasteiger partial charge is 0.497 e. The highest BCUT2D eigenvalue weighted by Crippen LogP contribution is 2.29. The summed E-state index contributed by atoms with van der Waals surface area (Å²) in [6.45, 7) is 1.81. The number of nitrogens with one attached hydrogen (secondary N) is 3. The van der Waals surface area contributed by atoms with Gasteiger partial charge in [-0.1, -0.05) is 18.2 Å². The highest BCUT2D eigenvalue weighted by Gasteiger charge is 2.18. The van der Waals surface area contributed by atoms with Crippen LogP contribution in [0.25, 0.3) is 17.3 Å². The van der Waals surface area contributed by atoms with E-state index in [1.807, 2.05) is 48.7 Å². The molecule has 5 aromatic rings. The van der Waals surface area contributed by atoms with E-state index in [-0.39, 0.29) is 11.6 Å². The number of carbonyl (C=O) groups is 3. The maximum atomic E-state index is 13.1. The van der Waals surface area contributed by atoms with Gasteiger partial charge in [0.15, 0.2) is 5.13 Å². The van der Waals surface area contributed by atoms with E-state index in [9.17, 15) is 14.4 Å². The Hall–Kier alpha value is -5.13. The lowest BCUT2D eigenvalue weighted by Gasteiger charge is -2.13. The molecule has 1 unspecified atom stereocenters.